The van der Waals surface area contributed by atoms with Gasteiger partial charge in [-0.05, 0) is 46.8 Å². The molecule has 124 valence electrons. The quantitative estimate of drug-likeness (QED) is 0.866. The molecule has 1 fully saturated rings. The number of hydrazine groups is 1. The lowest BCUT2D eigenvalue weighted by Crippen LogP contribution is -2.41. The van der Waals surface area contributed by atoms with E-state index in [0.717, 1.165) is 16.9 Å². The molecule has 2 aliphatic heterocycles. The molecule has 0 spiro atoms. The highest BCUT2D eigenvalue weighted by atomic mass is 16.7. The van der Waals surface area contributed by atoms with Crippen LogP contribution in [0.2, 0.25) is 0 Å². The summed E-state index contributed by atoms with van der Waals surface area (Å²) < 4.78 is 17.8. The third-order valence-corrected chi connectivity index (χ3v) is 4.87. The second-order valence-electron chi connectivity index (χ2n) is 7.14. The maximum absolute atomic E-state index is 6.13. The summed E-state index contributed by atoms with van der Waals surface area (Å²) in [5, 5.41) is 1.99. The molecular formula is C17H25BN2O3. The first-order chi connectivity index (χ1) is 10.7. The number of benzene rings is 1. The summed E-state index contributed by atoms with van der Waals surface area (Å²) in [6, 6.07) is 6.37. The van der Waals surface area contributed by atoms with E-state index in [1.165, 1.54) is 0 Å². The van der Waals surface area contributed by atoms with Gasteiger partial charge in [0.15, 0.2) is 0 Å². The molecule has 5 nitrogen and oxygen atoms in total. The number of rotatable bonds is 3. The maximum atomic E-state index is 6.13. The Morgan fingerprint density at radius 2 is 1.83 bits per heavy atom. The summed E-state index contributed by atoms with van der Waals surface area (Å²) in [5.74, 6) is 0.760. The van der Waals surface area contributed by atoms with Gasteiger partial charge in [-0.2, -0.15) is 0 Å². The van der Waals surface area contributed by atoms with E-state index in [4.69, 9.17) is 14.0 Å². The number of hydrogen-bond donors (Lipinski definition) is 1. The van der Waals surface area contributed by atoms with E-state index < -0.39 is 7.12 Å². The molecule has 3 rings (SSSR count). The lowest BCUT2D eigenvalue weighted by molar-refractivity contribution is 0.00578. The Labute approximate surface area is 138 Å². The van der Waals surface area contributed by atoms with Crippen molar-refractivity contribution in [3.8, 4) is 5.75 Å². The molecule has 0 radical (unpaired) electrons. The molecule has 1 aromatic rings. The van der Waals surface area contributed by atoms with E-state index in [1.807, 2.05) is 57.1 Å². The van der Waals surface area contributed by atoms with Crippen LogP contribution in [0.1, 0.15) is 34.6 Å². The number of nitrogens with zero attached hydrogens (tertiary/aromatic N) is 1. The molecular weight excluding hydrogens is 291 g/mol. The highest BCUT2D eigenvalue weighted by molar-refractivity contribution is 6.63. The van der Waals surface area contributed by atoms with Crippen molar-refractivity contribution in [2.75, 3.05) is 12.1 Å². The van der Waals surface area contributed by atoms with Gasteiger partial charge >= 0.3 is 7.12 Å². The van der Waals surface area contributed by atoms with Gasteiger partial charge in [-0.1, -0.05) is 6.07 Å². The monoisotopic (exact) mass is 316 g/mol. The molecule has 0 saturated carbocycles. The Balaban J connectivity index is 1.88. The summed E-state index contributed by atoms with van der Waals surface area (Å²) in [4.78, 5) is 0. The average Bonchev–Trinajstić information content (AvgIpc) is 3.00. The van der Waals surface area contributed by atoms with Crippen LogP contribution in [0.3, 0.4) is 0 Å². The van der Waals surface area contributed by atoms with Gasteiger partial charge in [0.25, 0.3) is 0 Å². The summed E-state index contributed by atoms with van der Waals surface area (Å²) in [7, 11) is 1.24. The minimum Gasteiger partial charge on any atom is -0.497 e. The molecule has 0 aromatic heterocycles. The van der Waals surface area contributed by atoms with Gasteiger partial charge in [-0.15, -0.1) is 0 Å². The molecule has 6 heteroatoms. The minimum atomic E-state index is -0.426. The molecule has 0 aliphatic carbocycles. The third kappa shape index (κ3) is 2.87. The van der Waals surface area contributed by atoms with Crippen LogP contribution in [0.5, 0.6) is 5.75 Å². The lowest BCUT2D eigenvalue weighted by atomic mass is 9.78. The molecule has 0 amide bonds. The predicted octanol–water partition coefficient (Wildman–Crippen LogP) is 2.22. The maximum Gasteiger partial charge on any atom is 0.498 e. The summed E-state index contributed by atoms with van der Waals surface area (Å²) >= 11 is 0. The Hall–Kier alpha value is -1.50. The van der Waals surface area contributed by atoms with Crippen LogP contribution in [0.15, 0.2) is 30.5 Å². The van der Waals surface area contributed by atoms with Crippen LogP contribution in [-0.2, 0) is 9.31 Å². The first-order valence-electron chi connectivity index (χ1n) is 8.01. The summed E-state index contributed by atoms with van der Waals surface area (Å²) in [6.07, 6.45) is 4.13. The molecule has 23 heavy (non-hydrogen) atoms. The van der Waals surface area contributed by atoms with Crippen LogP contribution < -0.4 is 20.6 Å². The summed E-state index contributed by atoms with van der Waals surface area (Å²) in [6.45, 7) is 10.3. The van der Waals surface area contributed by atoms with Crippen LogP contribution in [0, 0.1) is 0 Å². The van der Waals surface area contributed by atoms with Crippen LogP contribution in [0.25, 0.3) is 0 Å². The molecule has 2 heterocycles. The number of ether oxygens (including phenoxy) is 1. The van der Waals surface area contributed by atoms with Crippen molar-refractivity contribution in [1.29, 1.82) is 0 Å². The van der Waals surface area contributed by atoms with E-state index >= 15 is 0 Å². The molecule has 1 saturated heterocycles. The van der Waals surface area contributed by atoms with E-state index in [2.05, 4.69) is 18.4 Å². The fourth-order valence-corrected chi connectivity index (χ4v) is 2.70. The van der Waals surface area contributed by atoms with Gasteiger partial charge in [0, 0.05) is 23.8 Å². The smallest absolute Gasteiger partial charge is 0.497 e. The molecule has 1 aromatic carbocycles. The molecule has 1 N–H and O–H groups in total. The van der Waals surface area contributed by atoms with E-state index in [9.17, 15) is 0 Å². The molecule has 1 unspecified atom stereocenters. The standard InChI is InChI=1S/C17H25BN2O3/c1-12-9-10-20(19-12)13-7-8-14(15(11-13)21-6)18-22-16(2,3)17(4,5)23-18/h7-12,19H,1-6H3. The van der Waals surface area contributed by atoms with Gasteiger partial charge in [-0.3, -0.25) is 5.01 Å². The Morgan fingerprint density at radius 3 is 2.35 bits per heavy atom. The van der Waals surface area contributed by atoms with Gasteiger partial charge < -0.3 is 14.0 Å². The number of nitrogens with one attached hydrogen (secondary N) is 1. The van der Waals surface area contributed by atoms with Crippen molar-refractivity contribution >= 4 is 18.3 Å². The van der Waals surface area contributed by atoms with E-state index in [-0.39, 0.29) is 11.2 Å². The van der Waals surface area contributed by atoms with Gasteiger partial charge in [-0.25, -0.2) is 5.43 Å². The van der Waals surface area contributed by atoms with Crippen molar-refractivity contribution < 1.29 is 14.0 Å². The van der Waals surface area contributed by atoms with Crippen molar-refractivity contribution in [3.05, 3.63) is 30.5 Å². The zero-order valence-electron chi connectivity index (χ0n) is 14.7. The number of anilines is 1. The van der Waals surface area contributed by atoms with Crippen LogP contribution >= 0.6 is 0 Å². The molecule has 1 atom stereocenters. The second kappa shape index (κ2) is 5.55. The van der Waals surface area contributed by atoms with Crippen molar-refractivity contribution in [3.63, 3.8) is 0 Å². The lowest BCUT2D eigenvalue weighted by Gasteiger charge is -2.32. The Bertz CT molecular complexity index is 614. The van der Waals surface area contributed by atoms with Gasteiger partial charge in [0.05, 0.1) is 24.0 Å². The molecule has 2 aliphatic rings. The number of hydrogen-bond acceptors (Lipinski definition) is 5. The van der Waals surface area contributed by atoms with Crippen LogP contribution in [-0.4, -0.2) is 31.5 Å². The predicted molar refractivity (Wildman–Crippen MR) is 92.9 cm³/mol. The first-order valence-corrected chi connectivity index (χ1v) is 8.01. The highest BCUT2D eigenvalue weighted by Crippen LogP contribution is 2.37. The fourth-order valence-electron chi connectivity index (χ4n) is 2.70. The fraction of sp³-hybridized carbons (Fsp3) is 0.529. The largest absolute Gasteiger partial charge is 0.498 e. The number of methoxy groups -OCH3 is 1. The van der Waals surface area contributed by atoms with Gasteiger partial charge in [0.1, 0.15) is 5.75 Å². The zero-order valence-corrected chi connectivity index (χ0v) is 14.7. The highest BCUT2D eigenvalue weighted by Gasteiger charge is 2.52. The Kier molecular flexibility index (Phi) is 3.95. The normalized spacial score (nSPS) is 25.2. The first kappa shape index (κ1) is 16.4. The second-order valence-corrected chi connectivity index (χ2v) is 7.14. The minimum absolute atomic E-state index is 0.323. The van der Waals surface area contributed by atoms with Crippen molar-refractivity contribution in [2.24, 2.45) is 0 Å². The van der Waals surface area contributed by atoms with Crippen LogP contribution in [0.4, 0.5) is 5.69 Å². The average molecular weight is 316 g/mol. The molecule has 0 bridgehead atoms. The van der Waals surface area contributed by atoms with E-state index in [1.54, 1.807) is 7.11 Å². The third-order valence-electron chi connectivity index (χ3n) is 4.87. The summed E-state index contributed by atoms with van der Waals surface area (Å²) in [5.41, 5.74) is 4.54. The zero-order chi connectivity index (χ0) is 16.8. The van der Waals surface area contributed by atoms with E-state index in [0.29, 0.717) is 6.04 Å². The van der Waals surface area contributed by atoms with Crippen molar-refractivity contribution in [1.82, 2.24) is 5.43 Å². The SMILES string of the molecule is COc1cc(N2C=CC(C)N2)ccc1B1OC(C)(C)C(C)(C)O1. The topological polar surface area (TPSA) is 43.0 Å². The van der Waals surface area contributed by atoms with Gasteiger partial charge in [0.2, 0.25) is 0 Å². The Morgan fingerprint density at radius 1 is 1.17 bits per heavy atom. The van der Waals surface area contributed by atoms with Crippen molar-refractivity contribution in [2.45, 2.75) is 51.9 Å².